The predicted molar refractivity (Wildman–Crippen MR) is 160 cm³/mol. The molecule has 0 aliphatic rings. The number of fused-ring (bicyclic) bond motifs is 5. The summed E-state index contributed by atoms with van der Waals surface area (Å²) in [6.07, 6.45) is 3.05. The van der Waals surface area contributed by atoms with E-state index in [9.17, 15) is 0 Å². The minimum absolute atomic E-state index is 0.149. The van der Waals surface area contributed by atoms with Gasteiger partial charge in [-0.3, -0.25) is 4.98 Å². The molecular formula is C34H33NOS. The fourth-order valence-corrected chi connectivity index (χ4v) is 6.83. The first-order valence-electron chi connectivity index (χ1n) is 13.0. The first kappa shape index (κ1) is 23.9. The molecule has 186 valence electrons. The van der Waals surface area contributed by atoms with E-state index in [1.807, 2.05) is 11.3 Å². The zero-order valence-corrected chi connectivity index (χ0v) is 23.6. The maximum atomic E-state index is 6.68. The average molecular weight is 504 g/mol. The van der Waals surface area contributed by atoms with Gasteiger partial charge in [0.05, 0.1) is 10.4 Å². The molecule has 3 aromatic heterocycles. The third-order valence-corrected chi connectivity index (χ3v) is 8.77. The number of aromatic nitrogens is 1. The molecule has 3 aromatic carbocycles. The van der Waals surface area contributed by atoms with E-state index in [-0.39, 0.29) is 5.41 Å². The summed E-state index contributed by atoms with van der Waals surface area (Å²) in [5.41, 5.74) is 11.9. The number of nitrogens with zero attached hydrogens (tertiary/aromatic N) is 1. The van der Waals surface area contributed by atoms with Crippen LogP contribution in [0.15, 0.2) is 65.2 Å². The summed E-state index contributed by atoms with van der Waals surface area (Å²) < 4.78 is 7.92. The Morgan fingerprint density at radius 2 is 1.46 bits per heavy atom. The molecule has 3 heterocycles. The fraction of sp³-hybridized carbons (Fsp3) is 0.265. The lowest BCUT2D eigenvalue weighted by Gasteiger charge is -2.22. The number of rotatable bonds is 3. The molecule has 3 heteroatoms. The topological polar surface area (TPSA) is 26.0 Å². The molecular weight excluding hydrogens is 470 g/mol. The van der Waals surface area contributed by atoms with E-state index < -0.39 is 0 Å². The molecule has 37 heavy (non-hydrogen) atoms. The van der Waals surface area contributed by atoms with Gasteiger partial charge in [-0.15, -0.1) is 11.3 Å². The van der Waals surface area contributed by atoms with Crippen LogP contribution < -0.4 is 0 Å². The maximum Gasteiger partial charge on any atom is 0.153 e. The molecule has 0 aliphatic heterocycles. The summed E-state index contributed by atoms with van der Waals surface area (Å²) >= 11 is 1.83. The quantitative estimate of drug-likeness (QED) is 0.240. The number of aryl methyl sites for hydroxylation is 4. The van der Waals surface area contributed by atoms with Gasteiger partial charge in [-0.25, -0.2) is 0 Å². The molecule has 0 N–H and O–H groups in total. The third kappa shape index (κ3) is 3.97. The molecule has 0 amide bonds. The molecule has 0 atom stereocenters. The SMILES string of the molecule is Cc1cccc(C)c1-c1cnc(-c2cccc3c2oc2c3ccc3c(C)c(C)sc32)cc1CC(C)(C)C. The van der Waals surface area contributed by atoms with Crippen molar-refractivity contribution in [2.45, 2.75) is 54.9 Å². The van der Waals surface area contributed by atoms with Gasteiger partial charge in [-0.2, -0.15) is 0 Å². The van der Waals surface area contributed by atoms with Gasteiger partial charge in [0.2, 0.25) is 0 Å². The molecule has 0 aliphatic carbocycles. The number of pyridine rings is 1. The Labute approximate surface area is 223 Å². The number of hydrogen-bond acceptors (Lipinski definition) is 3. The number of thiophene rings is 1. The standard InChI is InChI=1S/C34H33NOS/c1-19-10-8-11-20(2)30(19)28-18-35-29(16-23(28)17-34(5,6)7)27-13-9-12-25-26-15-14-24-21(3)22(4)37-33(24)32(26)36-31(25)27/h8-16,18H,17H2,1-7H3. The average Bonchev–Trinajstić information content (AvgIpc) is 3.36. The molecule has 0 fully saturated rings. The van der Waals surface area contributed by atoms with Gasteiger partial charge >= 0.3 is 0 Å². The van der Waals surface area contributed by atoms with Crippen LogP contribution in [-0.2, 0) is 6.42 Å². The number of para-hydroxylation sites is 1. The fourth-order valence-electron chi connectivity index (χ4n) is 5.68. The first-order chi connectivity index (χ1) is 17.6. The summed E-state index contributed by atoms with van der Waals surface area (Å²) in [5, 5.41) is 3.61. The Morgan fingerprint density at radius 3 is 2.19 bits per heavy atom. The van der Waals surface area contributed by atoms with E-state index in [4.69, 9.17) is 9.40 Å². The van der Waals surface area contributed by atoms with Gasteiger partial charge in [0.15, 0.2) is 5.58 Å². The van der Waals surface area contributed by atoms with Gasteiger partial charge in [0.1, 0.15) is 5.58 Å². The summed E-state index contributed by atoms with van der Waals surface area (Å²) in [6, 6.07) is 19.7. The van der Waals surface area contributed by atoms with Crippen LogP contribution in [0.5, 0.6) is 0 Å². The Balaban J connectivity index is 1.59. The summed E-state index contributed by atoms with van der Waals surface area (Å²) in [4.78, 5) is 6.39. The van der Waals surface area contributed by atoms with Crippen molar-refractivity contribution in [2.24, 2.45) is 5.41 Å². The smallest absolute Gasteiger partial charge is 0.153 e. The van der Waals surface area contributed by atoms with Crippen molar-refractivity contribution in [2.75, 3.05) is 0 Å². The highest BCUT2D eigenvalue weighted by atomic mass is 32.1. The summed E-state index contributed by atoms with van der Waals surface area (Å²) in [7, 11) is 0. The van der Waals surface area contributed by atoms with Crippen molar-refractivity contribution in [3.8, 4) is 22.4 Å². The monoisotopic (exact) mass is 503 g/mol. The highest BCUT2D eigenvalue weighted by Gasteiger charge is 2.21. The van der Waals surface area contributed by atoms with E-state index >= 15 is 0 Å². The van der Waals surface area contributed by atoms with Crippen LogP contribution in [0.3, 0.4) is 0 Å². The molecule has 0 saturated carbocycles. The van der Waals surface area contributed by atoms with Gasteiger partial charge in [-0.1, -0.05) is 57.2 Å². The van der Waals surface area contributed by atoms with Crippen LogP contribution in [-0.4, -0.2) is 4.98 Å². The van der Waals surface area contributed by atoms with Crippen molar-refractivity contribution < 1.29 is 4.42 Å². The van der Waals surface area contributed by atoms with Crippen LogP contribution in [0.2, 0.25) is 0 Å². The minimum atomic E-state index is 0.149. The first-order valence-corrected chi connectivity index (χ1v) is 13.8. The van der Waals surface area contributed by atoms with Crippen LogP contribution in [0, 0.1) is 33.1 Å². The van der Waals surface area contributed by atoms with Gasteiger partial charge in [-0.05, 0) is 90.9 Å². The highest BCUT2D eigenvalue weighted by molar-refractivity contribution is 7.20. The Kier molecular flexibility index (Phi) is 5.54. The normalized spacial score (nSPS) is 12.3. The van der Waals surface area contributed by atoms with Crippen molar-refractivity contribution in [3.05, 3.63) is 87.9 Å². The highest BCUT2D eigenvalue weighted by Crippen LogP contribution is 2.43. The minimum Gasteiger partial charge on any atom is -0.454 e. The van der Waals surface area contributed by atoms with E-state index in [0.29, 0.717) is 0 Å². The van der Waals surface area contributed by atoms with Crippen molar-refractivity contribution in [1.29, 1.82) is 0 Å². The Hall–Kier alpha value is -3.43. The third-order valence-electron chi connectivity index (χ3n) is 7.55. The zero-order chi connectivity index (χ0) is 26.1. The zero-order valence-electron chi connectivity index (χ0n) is 22.7. The van der Waals surface area contributed by atoms with Crippen LogP contribution >= 0.6 is 11.3 Å². The molecule has 0 bridgehead atoms. The molecule has 0 radical (unpaired) electrons. The number of hydrogen-bond donors (Lipinski definition) is 0. The molecule has 0 spiro atoms. The lowest BCUT2D eigenvalue weighted by atomic mass is 9.83. The van der Waals surface area contributed by atoms with Crippen molar-refractivity contribution in [3.63, 3.8) is 0 Å². The van der Waals surface area contributed by atoms with E-state index in [2.05, 4.69) is 109 Å². The summed E-state index contributed by atoms with van der Waals surface area (Å²) in [6.45, 7) is 15.7. The Morgan fingerprint density at radius 1 is 0.784 bits per heavy atom. The molecule has 0 unspecified atom stereocenters. The van der Waals surface area contributed by atoms with Gasteiger partial charge in [0, 0.05) is 33.0 Å². The predicted octanol–water partition coefficient (Wildman–Crippen LogP) is 10.4. The van der Waals surface area contributed by atoms with Crippen LogP contribution in [0.4, 0.5) is 0 Å². The maximum absolute atomic E-state index is 6.68. The largest absolute Gasteiger partial charge is 0.454 e. The van der Waals surface area contributed by atoms with E-state index in [1.165, 1.54) is 53.7 Å². The lowest BCUT2D eigenvalue weighted by Crippen LogP contribution is -2.11. The van der Waals surface area contributed by atoms with Crippen molar-refractivity contribution in [1.82, 2.24) is 4.98 Å². The van der Waals surface area contributed by atoms with E-state index in [0.717, 1.165) is 34.2 Å². The molecule has 6 rings (SSSR count). The van der Waals surface area contributed by atoms with Crippen LogP contribution in [0.1, 0.15) is 47.9 Å². The molecule has 0 saturated heterocycles. The van der Waals surface area contributed by atoms with Crippen LogP contribution in [0.25, 0.3) is 54.4 Å². The second-order valence-corrected chi connectivity index (χ2v) is 12.8. The lowest BCUT2D eigenvalue weighted by molar-refractivity contribution is 0.411. The number of furan rings is 1. The van der Waals surface area contributed by atoms with Crippen molar-refractivity contribution >= 4 is 43.4 Å². The van der Waals surface area contributed by atoms with Gasteiger partial charge < -0.3 is 4.42 Å². The van der Waals surface area contributed by atoms with Gasteiger partial charge in [0.25, 0.3) is 0 Å². The van der Waals surface area contributed by atoms with E-state index in [1.54, 1.807) is 0 Å². The molecule has 2 nitrogen and oxygen atoms in total. The second-order valence-electron chi connectivity index (χ2n) is 11.6. The number of benzene rings is 3. The second kappa shape index (κ2) is 8.56. The molecule has 6 aromatic rings. The Bertz CT molecular complexity index is 1810. The summed E-state index contributed by atoms with van der Waals surface area (Å²) in [5.74, 6) is 0.